The summed E-state index contributed by atoms with van der Waals surface area (Å²) in [6.07, 6.45) is 0.325. The van der Waals surface area contributed by atoms with Crippen LogP contribution < -0.4 is 20.5 Å². The van der Waals surface area contributed by atoms with Gasteiger partial charge in [-0.1, -0.05) is 0 Å². The van der Waals surface area contributed by atoms with Gasteiger partial charge in [-0.05, 0) is 24.3 Å². The van der Waals surface area contributed by atoms with Gasteiger partial charge in [-0.15, -0.1) is 0 Å². The van der Waals surface area contributed by atoms with Gasteiger partial charge in [-0.2, -0.15) is 0 Å². The van der Waals surface area contributed by atoms with E-state index < -0.39 is 0 Å². The Kier molecular flexibility index (Phi) is 5.88. The minimum atomic E-state index is -0.0519. The maximum atomic E-state index is 11.2. The zero-order chi connectivity index (χ0) is 12.5. The molecule has 1 aromatic carbocycles. The maximum Gasteiger partial charge on any atom is 0.223 e. The second-order valence-electron chi connectivity index (χ2n) is 3.41. The summed E-state index contributed by atoms with van der Waals surface area (Å²) in [5, 5.41) is 2.67. The highest BCUT2D eigenvalue weighted by Gasteiger charge is 2.00. The first-order valence-corrected chi connectivity index (χ1v) is 5.50. The lowest BCUT2D eigenvalue weighted by atomic mass is 10.3. The summed E-state index contributed by atoms with van der Waals surface area (Å²) in [6, 6.07) is 7.22. The first-order valence-electron chi connectivity index (χ1n) is 5.50. The summed E-state index contributed by atoms with van der Waals surface area (Å²) in [4.78, 5) is 11.2. The van der Waals surface area contributed by atoms with E-state index in [9.17, 15) is 4.79 Å². The molecule has 94 valence electrons. The Morgan fingerprint density at radius 2 is 1.94 bits per heavy atom. The molecule has 1 rings (SSSR count). The van der Waals surface area contributed by atoms with Crippen LogP contribution in [0.3, 0.4) is 0 Å². The zero-order valence-electron chi connectivity index (χ0n) is 9.94. The van der Waals surface area contributed by atoms with Crippen molar-refractivity contribution in [3.8, 4) is 11.5 Å². The maximum absolute atomic E-state index is 11.2. The van der Waals surface area contributed by atoms with Crippen LogP contribution in [0.1, 0.15) is 6.42 Å². The lowest BCUT2D eigenvalue weighted by Crippen LogP contribution is -2.29. The number of methoxy groups -OCH3 is 1. The van der Waals surface area contributed by atoms with Crippen LogP contribution in [0.2, 0.25) is 0 Å². The predicted molar refractivity (Wildman–Crippen MR) is 65.2 cm³/mol. The highest BCUT2D eigenvalue weighted by atomic mass is 16.5. The van der Waals surface area contributed by atoms with Gasteiger partial charge in [0.05, 0.1) is 20.1 Å². The van der Waals surface area contributed by atoms with Crippen LogP contribution >= 0.6 is 0 Å². The summed E-state index contributed by atoms with van der Waals surface area (Å²) < 4.78 is 10.4. The van der Waals surface area contributed by atoms with Crippen LogP contribution in [-0.4, -0.2) is 32.7 Å². The van der Waals surface area contributed by atoms with Gasteiger partial charge in [0.2, 0.25) is 5.91 Å². The van der Waals surface area contributed by atoms with Crippen molar-refractivity contribution in [2.75, 3.05) is 26.8 Å². The molecule has 5 nitrogen and oxygen atoms in total. The van der Waals surface area contributed by atoms with Crippen molar-refractivity contribution < 1.29 is 14.3 Å². The van der Waals surface area contributed by atoms with Crippen LogP contribution in [-0.2, 0) is 4.79 Å². The van der Waals surface area contributed by atoms with E-state index in [1.165, 1.54) is 0 Å². The summed E-state index contributed by atoms with van der Waals surface area (Å²) in [6.45, 7) is 1.30. The van der Waals surface area contributed by atoms with Crippen LogP contribution in [0.5, 0.6) is 11.5 Å². The molecule has 0 atom stereocenters. The quantitative estimate of drug-likeness (QED) is 0.727. The minimum absolute atomic E-state index is 0.0519. The average Bonchev–Trinajstić information content (AvgIpc) is 2.37. The number of nitrogens with two attached hydrogens (primary N) is 1. The third-order valence-corrected chi connectivity index (χ3v) is 2.12. The molecule has 0 unspecified atom stereocenters. The van der Waals surface area contributed by atoms with E-state index in [0.29, 0.717) is 26.1 Å². The number of rotatable bonds is 7. The van der Waals surface area contributed by atoms with Gasteiger partial charge in [-0.3, -0.25) is 4.79 Å². The van der Waals surface area contributed by atoms with E-state index in [4.69, 9.17) is 15.2 Å². The molecule has 0 bridgehead atoms. The van der Waals surface area contributed by atoms with Crippen molar-refractivity contribution in [2.45, 2.75) is 6.42 Å². The predicted octanol–water partition coefficient (Wildman–Crippen LogP) is 0.539. The number of benzene rings is 1. The van der Waals surface area contributed by atoms with Gasteiger partial charge in [0.15, 0.2) is 0 Å². The molecule has 0 spiro atoms. The van der Waals surface area contributed by atoms with E-state index in [2.05, 4.69) is 5.32 Å². The molecule has 1 aromatic rings. The molecule has 1 amide bonds. The molecule has 0 saturated carbocycles. The number of carbonyl (C=O) groups is 1. The lowest BCUT2D eigenvalue weighted by molar-refractivity contribution is -0.121. The second-order valence-corrected chi connectivity index (χ2v) is 3.41. The highest BCUT2D eigenvalue weighted by molar-refractivity contribution is 5.75. The summed E-state index contributed by atoms with van der Waals surface area (Å²) in [5.41, 5.74) is 5.27. The average molecular weight is 238 g/mol. The number of nitrogens with one attached hydrogen (secondary N) is 1. The van der Waals surface area contributed by atoms with E-state index >= 15 is 0 Å². The summed E-state index contributed by atoms with van der Waals surface area (Å²) in [7, 11) is 1.61. The van der Waals surface area contributed by atoms with Crippen LogP contribution in [0, 0.1) is 0 Å². The van der Waals surface area contributed by atoms with Crippen molar-refractivity contribution in [1.29, 1.82) is 0 Å². The zero-order valence-corrected chi connectivity index (χ0v) is 9.94. The Bertz CT molecular complexity index is 338. The normalized spacial score (nSPS) is 9.76. The fourth-order valence-corrected chi connectivity index (χ4v) is 1.23. The second kappa shape index (κ2) is 7.51. The Morgan fingerprint density at radius 3 is 2.53 bits per heavy atom. The molecule has 5 heteroatoms. The third-order valence-electron chi connectivity index (χ3n) is 2.12. The van der Waals surface area contributed by atoms with Crippen LogP contribution in [0.25, 0.3) is 0 Å². The Morgan fingerprint density at radius 1 is 1.29 bits per heavy atom. The van der Waals surface area contributed by atoms with Gasteiger partial charge in [0.1, 0.15) is 11.5 Å². The SMILES string of the molecule is COc1ccc(OCCC(=O)NCCN)cc1. The van der Waals surface area contributed by atoms with E-state index in [0.717, 1.165) is 11.5 Å². The molecule has 0 heterocycles. The van der Waals surface area contributed by atoms with Gasteiger partial charge in [-0.25, -0.2) is 0 Å². The van der Waals surface area contributed by atoms with Crippen LogP contribution in [0.4, 0.5) is 0 Å². The topological polar surface area (TPSA) is 73.6 Å². The fraction of sp³-hybridized carbons (Fsp3) is 0.417. The fourth-order valence-electron chi connectivity index (χ4n) is 1.23. The first-order chi connectivity index (χ1) is 8.26. The van der Waals surface area contributed by atoms with E-state index in [1.54, 1.807) is 19.2 Å². The monoisotopic (exact) mass is 238 g/mol. The number of hydrogen-bond donors (Lipinski definition) is 2. The van der Waals surface area contributed by atoms with Crippen molar-refractivity contribution in [3.05, 3.63) is 24.3 Å². The lowest BCUT2D eigenvalue weighted by Gasteiger charge is -2.07. The number of carbonyl (C=O) groups excluding carboxylic acids is 1. The Hall–Kier alpha value is -1.75. The molecule has 0 aliphatic heterocycles. The highest BCUT2D eigenvalue weighted by Crippen LogP contribution is 2.16. The molecule has 0 aliphatic rings. The van der Waals surface area contributed by atoms with Crippen molar-refractivity contribution in [2.24, 2.45) is 5.73 Å². The number of ether oxygens (including phenoxy) is 2. The summed E-state index contributed by atoms with van der Waals surface area (Å²) >= 11 is 0. The molecule has 0 saturated heterocycles. The van der Waals surface area contributed by atoms with Crippen molar-refractivity contribution >= 4 is 5.91 Å². The molecular weight excluding hydrogens is 220 g/mol. The molecule has 0 fully saturated rings. The van der Waals surface area contributed by atoms with Crippen LogP contribution in [0.15, 0.2) is 24.3 Å². The van der Waals surface area contributed by atoms with Gasteiger partial charge < -0.3 is 20.5 Å². The van der Waals surface area contributed by atoms with E-state index in [1.807, 2.05) is 12.1 Å². The standard InChI is InChI=1S/C12H18N2O3/c1-16-10-2-4-11(5-3-10)17-9-6-12(15)14-8-7-13/h2-5H,6-9,13H2,1H3,(H,14,15). The third kappa shape index (κ3) is 5.21. The van der Waals surface area contributed by atoms with E-state index in [-0.39, 0.29) is 5.91 Å². The van der Waals surface area contributed by atoms with Crippen molar-refractivity contribution in [1.82, 2.24) is 5.32 Å². The number of amides is 1. The van der Waals surface area contributed by atoms with Gasteiger partial charge >= 0.3 is 0 Å². The molecule has 0 radical (unpaired) electrons. The number of hydrogen-bond acceptors (Lipinski definition) is 4. The molecule has 0 aliphatic carbocycles. The molecule has 3 N–H and O–H groups in total. The largest absolute Gasteiger partial charge is 0.497 e. The first kappa shape index (κ1) is 13.3. The molecule has 17 heavy (non-hydrogen) atoms. The summed E-state index contributed by atoms with van der Waals surface area (Å²) in [5.74, 6) is 1.44. The Labute approximate surface area is 101 Å². The van der Waals surface area contributed by atoms with Gasteiger partial charge in [0.25, 0.3) is 0 Å². The molecule has 0 aromatic heterocycles. The molecular formula is C12H18N2O3. The smallest absolute Gasteiger partial charge is 0.223 e. The minimum Gasteiger partial charge on any atom is -0.497 e. The van der Waals surface area contributed by atoms with Crippen molar-refractivity contribution in [3.63, 3.8) is 0 Å². The van der Waals surface area contributed by atoms with Gasteiger partial charge in [0, 0.05) is 13.1 Å². The Balaban J connectivity index is 2.23.